The number of nitrogens with zero attached hydrogens (tertiary/aromatic N) is 1. The lowest BCUT2D eigenvalue weighted by Gasteiger charge is -2.30. The van der Waals surface area contributed by atoms with Crippen LogP contribution in [0.2, 0.25) is 0 Å². The summed E-state index contributed by atoms with van der Waals surface area (Å²) in [4.78, 5) is 13.1. The van der Waals surface area contributed by atoms with Crippen LogP contribution in [0.25, 0.3) is 0 Å². The third kappa shape index (κ3) is 1.91. The summed E-state index contributed by atoms with van der Waals surface area (Å²) in [7, 11) is 1.96. The lowest BCUT2D eigenvalue weighted by Crippen LogP contribution is -2.49. The summed E-state index contributed by atoms with van der Waals surface area (Å²) in [6.45, 7) is 0.998. The molecule has 1 atom stereocenters. The number of piperidine rings is 1. The van der Waals surface area contributed by atoms with Gasteiger partial charge in [-0.05, 0) is 26.4 Å². The van der Waals surface area contributed by atoms with Crippen LogP contribution in [0.1, 0.15) is 19.3 Å². The third-order valence-corrected chi connectivity index (χ3v) is 2.22. The van der Waals surface area contributed by atoms with Crippen LogP contribution in [0.3, 0.4) is 0 Å². The first kappa shape index (κ1) is 8.49. The SMILES string of the molecule is CN1CCCC[C@@H]1C(=O)NN. The number of nitrogens with two attached hydrogens (primary N) is 1. The number of carbonyl (C=O) groups is 1. The second-order valence-electron chi connectivity index (χ2n) is 3.00. The summed E-state index contributed by atoms with van der Waals surface area (Å²) >= 11 is 0. The van der Waals surface area contributed by atoms with E-state index in [1.54, 1.807) is 0 Å². The van der Waals surface area contributed by atoms with E-state index in [2.05, 4.69) is 5.43 Å². The second kappa shape index (κ2) is 3.69. The molecular weight excluding hydrogens is 142 g/mol. The number of hydrogen-bond acceptors (Lipinski definition) is 3. The first-order valence-corrected chi connectivity index (χ1v) is 3.96. The molecule has 4 nitrogen and oxygen atoms in total. The van der Waals surface area contributed by atoms with Crippen molar-refractivity contribution in [3.8, 4) is 0 Å². The van der Waals surface area contributed by atoms with Crippen LogP contribution in [-0.4, -0.2) is 30.4 Å². The lowest BCUT2D eigenvalue weighted by molar-refractivity contribution is -0.127. The lowest BCUT2D eigenvalue weighted by atomic mass is 10.0. The zero-order valence-corrected chi connectivity index (χ0v) is 6.84. The fourth-order valence-corrected chi connectivity index (χ4v) is 1.50. The van der Waals surface area contributed by atoms with Crippen molar-refractivity contribution >= 4 is 5.91 Å². The highest BCUT2D eigenvalue weighted by molar-refractivity contribution is 5.81. The summed E-state index contributed by atoms with van der Waals surface area (Å²) in [5.74, 6) is 4.98. The summed E-state index contributed by atoms with van der Waals surface area (Å²) < 4.78 is 0. The van der Waals surface area contributed by atoms with Gasteiger partial charge in [0, 0.05) is 0 Å². The highest BCUT2D eigenvalue weighted by Gasteiger charge is 2.24. The number of likely N-dealkylation sites (tertiary alicyclic amines) is 1. The largest absolute Gasteiger partial charge is 0.295 e. The predicted octanol–water partition coefficient (Wildman–Crippen LogP) is -0.539. The van der Waals surface area contributed by atoms with Crippen LogP contribution < -0.4 is 11.3 Å². The summed E-state index contributed by atoms with van der Waals surface area (Å²) in [6.07, 6.45) is 3.24. The van der Waals surface area contributed by atoms with Gasteiger partial charge in [0.05, 0.1) is 6.04 Å². The Morgan fingerprint density at radius 1 is 1.64 bits per heavy atom. The molecule has 1 saturated heterocycles. The molecule has 1 heterocycles. The first-order valence-electron chi connectivity index (χ1n) is 3.96. The molecule has 0 unspecified atom stereocenters. The Kier molecular flexibility index (Phi) is 2.84. The van der Waals surface area contributed by atoms with Crippen molar-refractivity contribution in [2.45, 2.75) is 25.3 Å². The summed E-state index contributed by atoms with van der Waals surface area (Å²) in [5, 5.41) is 0. The average Bonchev–Trinajstić information content (AvgIpc) is 2.04. The van der Waals surface area contributed by atoms with Gasteiger partial charge in [-0.1, -0.05) is 6.42 Å². The third-order valence-electron chi connectivity index (χ3n) is 2.22. The van der Waals surface area contributed by atoms with E-state index in [1.807, 2.05) is 11.9 Å². The van der Waals surface area contributed by atoms with E-state index in [-0.39, 0.29) is 11.9 Å². The van der Waals surface area contributed by atoms with Crippen LogP contribution in [0.5, 0.6) is 0 Å². The van der Waals surface area contributed by atoms with Crippen molar-refractivity contribution < 1.29 is 4.79 Å². The molecule has 1 rings (SSSR count). The molecule has 64 valence electrons. The van der Waals surface area contributed by atoms with Crippen LogP contribution in [0.4, 0.5) is 0 Å². The van der Waals surface area contributed by atoms with Gasteiger partial charge < -0.3 is 0 Å². The Balaban J connectivity index is 2.47. The fraction of sp³-hybridized carbons (Fsp3) is 0.857. The van der Waals surface area contributed by atoms with E-state index in [1.165, 1.54) is 6.42 Å². The van der Waals surface area contributed by atoms with Crippen LogP contribution >= 0.6 is 0 Å². The quantitative estimate of drug-likeness (QED) is 0.305. The van der Waals surface area contributed by atoms with Gasteiger partial charge in [-0.3, -0.25) is 15.1 Å². The maximum atomic E-state index is 11.1. The molecule has 11 heavy (non-hydrogen) atoms. The zero-order valence-electron chi connectivity index (χ0n) is 6.84. The normalized spacial score (nSPS) is 26.5. The van der Waals surface area contributed by atoms with Crippen LogP contribution in [-0.2, 0) is 4.79 Å². The predicted molar refractivity (Wildman–Crippen MR) is 42.6 cm³/mol. The van der Waals surface area contributed by atoms with Gasteiger partial charge >= 0.3 is 0 Å². The number of nitrogens with one attached hydrogen (secondary N) is 1. The van der Waals surface area contributed by atoms with Crippen LogP contribution in [0.15, 0.2) is 0 Å². The molecule has 0 spiro atoms. The molecule has 0 bridgehead atoms. The van der Waals surface area contributed by atoms with Gasteiger partial charge in [0.25, 0.3) is 5.91 Å². The summed E-state index contributed by atoms with van der Waals surface area (Å²) in [6, 6.07) is -0.00579. The average molecular weight is 157 g/mol. The molecule has 1 aliphatic rings. The van der Waals surface area contributed by atoms with Gasteiger partial charge in [-0.15, -0.1) is 0 Å². The van der Waals surface area contributed by atoms with Gasteiger partial charge in [0.15, 0.2) is 0 Å². The molecule has 1 fully saturated rings. The Hall–Kier alpha value is -0.610. The van der Waals surface area contributed by atoms with Gasteiger partial charge in [-0.25, -0.2) is 5.84 Å². The van der Waals surface area contributed by atoms with Crippen molar-refractivity contribution in [2.75, 3.05) is 13.6 Å². The minimum Gasteiger partial charge on any atom is -0.295 e. The number of likely N-dealkylation sites (N-methyl/N-ethyl adjacent to an activating group) is 1. The monoisotopic (exact) mass is 157 g/mol. The van der Waals surface area contributed by atoms with Crippen molar-refractivity contribution in [1.82, 2.24) is 10.3 Å². The maximum absolute atomic E-state index is 11.1. The van der Waals surface area contributed by atoms with Crippen molar-refractivity contribution in [1.29, 1.82) is 0 Å². The number of carbonyl (C=O) groups excluding carboxylic acids is 1. The van der Waals surface area contributed by atoms with Crippen LogP contribution in [0, 0.1) is 0 Å². The minimum absolute atomic E-state index is 0.00579. The number of rotatable bonds is 1. The fourth-order valence-electron chi connectivity index (χ4n) is 1.50. The molecule has 0 aliphatic carbocycles. The van der Waals surface area contributed by atoms with E-state index in [0.717, 1.165) is 19.4 Å². The van der Waals surface area contributed by atoms with Crippen molar-refractivity contribution in [3.63, 3.8) is 0 Å². The molecule has 0 radical (unpaired) electrons. The molecule has 0 saturated carbocycles. The topological polar surface area (TPSA) is 58.4 Å². The van der Waals surface area contributed by atoms with E-state index in [4.69, 9.17) is 5.84 Å². The standard InChI is InChI=1S/C7H15N3O/c1-10-5-3-2-4-6(10)7(11)9-8/h6H,2-5,8H2,1H3,(H,9,11)/t6-/m1/s1. The second-order valence-corrected chi connectivity index (χ2v) is 3.00. The van der Waals surface area contributed by atoms with Gasteiger partial charge in [0.1, 0.15) is 0 Å². The Morgan fingerprint density at radius 2 is 2.36 bits per heavy atom. The van der Waals surface area contributed by atoms with E-state index in [9.17, 15) is 4.79 Å². The zero-order chi connectivity index (χ0) is 8.27. The number of amides is 1. The van der Waals surface area contributed by atoms with Crippen molar-refractivity contribution in [3.05, 3.63) is 0 Å². The van der Waals surface area contributed by atoms with Gasteiger partial charge in [0.2, 0.25) is 0 Å². The highest BCUT2D eigenvalue weighted by Crippen LogP contribution is 2.14. The molecule has 3 N–H and O–H groups in total. The van der Waals surface area contributed by atoms with Gasteiger partial charge in [-0.2, -0.15) is 0 Å². The molecule has 0 aromatic heterocycles. The summed E-state index contributed by atoms with van der Waals surface area (Å²) in [5.41, 5.74) is 2.18. The first-order chi connectivity index (χ1) is 5.25. The Morgan fingerprint density at radius 3 is 2.91 bits per heavy atom. The molecule has 0 aromatic rings. The smallest absolute Gasteiger partial charge is 0.251 e. The maximum Gasteiger partial charge on any atom is 0.251 e. The highest BCUT2D eigenvalue weighted by atomic mass is 16.2. The Labute approximate surface area is 66.7 Å². The van der Waals surface area contributed by atoms with E-state index in [0.29, 0.717) is 0 Å². The molecule has 0 aromatic carbocycles. The molecule has 1 amide bonds. The minimum atomic E-state index is -0.0628. The van der Waals surface area contributed by atoms with E-state index >= 15 is 0 Å². The van der Waals surface area contributed by atoms with Crippen molar-refractivity contribution in [2.24, 2.45) is 5.84 Å². The molecule has 1 aliphatic heterocycles. The number of hydrogen-bond donors (Lipinski definition) is 2. The molecule has 4 heteroatoms. The number of hydrazine groups is 1. The molecular formula is C7H15N3O. The van der Waals surface area contributed by atoms with E-state index < -0.39 is 0 Å². The Bertz CT molecular complexity index is 149.